The first kappa shape index (κ1) is 37.4. The number of carbonyl (C=O) groups is 2. The zero-order chi connectivity index (χ0) is 36.8. The summed E-state index contributed by atoms with van der Waals surface area (Å²) in [5, 5.41) is 14.9. The van der Waals surface area contributed by atoms with Crippen LogP contribution in [0.15, 0.2) is 133 Å². The van der Waals surface area contributed by atoms with E-state index in [1.54, 1.807) is 6.92 Å². The third-order valence-electron chi connectivity index (χ3n) is 9.17. The van der Waals surface area contributed by atoms with E-state index in [0.29, 0.717) is 19.5 Å². The first-order valence-corrected chi connectivity index (χ1v) is 18.1. The number of benzene rings is 5. The zero-order valence-electron chi connectivity index (χ0n) is 30.0. The first-order chi connectivity index (χ1) is 25.9. The molecule has 1 aliphatic heterocycles. The Hall–Kier alpha value is -5.32. The van der Waals surface area contributed by atoms with Gasteiger partial charge >= 0.3 is 12.0 Å². The molecule has 5 aromatic rings. The summed E-state index contributed by atoms with van der Waals surface area (Å²) in [6.07, 6.45) is -0.194. The van der Waals surface area contributed by atoms with Crippen molar-refractivity contribution >= 4 is 12.0 Å². The molecular weight excluding hydrogens is 666 g/mol. The van der Waals surface area contributed by atoms with Gasteiger partial charge in [-0.2, -0.15) is 0 Å². The van der Waals surface area contributed by atoms with Crippen molar-refractivity contribution in [2.24, 2.45) is 0 Å². The smallest absolute Gasteiger partial charge is 0.325 e. The fraction of sp³-hybridized carbons (Fsp3) is 0.273. The van der Waals surface area contributed by atoms with Gasteiger partial charge in [-0.25, -0.2) is 4.79 Å². The van der Waals surface area contributed by atoms with Gasteiger partial charge in [0.25, 0.3) is 0 Å². The molecule has 1 aliphatic rings. The summed E-state index contributed by atoms with van der Waals surface area (Å²) in [6, 6.07) is 44.8. The quantitative estimate of drug-likeness (QED) is 0.0968. The second kappa shape index (κ2) is 19.0. The SMILES string of the molecule is CCOC(=O)CNC(=O)NCc1cccc(-c2ccc(C3OC(CN(Cc4ccccc4)Cc4ccccc4)CC(c4ccc(CO)cc4)O3)cc2)c1. The summed E-state index contributed by atoms with van der Waals surface area (Å²) in [5.74, 6) is -0.479. The van der Waals surface area contributed by atoms with Crippen LogP contribution in [-0.2, 0) is 45.2 Å². The van der Waals surface area contributed by atoms with E-state index in [1.807, 2.05) is 72.8 Å². The lowest BCUT2D eigenvalue weighted by Crippen LogP contribution is -2.39. The van der Waals surface area contributed by atoms with Crippen molar-refractivity contribution in [3.8, 4) is 11.1 Å². The number of esters is 1. The second-order valence-corrected chi connectivity index (χ2v) is 13.2. The number of carbonyl (C=O) groups excluding carboxylic acids is 2. The van der Waals surface area contributed by atoms with E-state index in [1.165, 1.54) is 11.1 Å². The van der Waals surface area contributed by atoms with Gasteiger partial charge in [0.15, 0.2) is 6.29 Å². The molecule has 3 atom stereocenters. The fourth-order valence-corrected chi connectivity index (χ4v) is 6.49. The van der Waals surface area contributed by atoms with E-state index in [9.17, 15) is 14.7 Å². The highest BCUT2D eigenvalue weighted by Gasteiger charge is 2.33. The Labute approximate surface area is 311 Å². The lowest BCUT2D eigenvalue weighted by atomic mass is 9.98. The van der Waals surface area contributed by atoms with Crippen LogP contribution in [0.2, 0.25) is 0 Å². The molecule has 0 saturated carbocycles. The van der Waals surface area contributed by atoms with Crippen molar-refractivity contribution in [1.82, 2.24) is 15.5 Å². The van der Waals surface area contributed by atoms with Crippen LogP contribution in [0.1, 0.15) is 59.1 Å². The molecule has 1 saturated heterocycles. The van der Waals surface area contributed by atoms with E-state index in [2.05, 4.69) is 76.2 Å². The average Bonchev–Trinajstić information content (AvgIpc) is 3.20. The molecule has 3 N–H and O–H groups in total. The van der Waals surface area contributed by atoms with Gasteiger partial charge in [-0.15, -0.1) is 0 Å². The van der Waals surface area contributed by atoms with Crippen molar-refractivity contribution in [1.29, 1.82) is 0 Å². The molecule has 0 bridgehead atoms. The number of amides is 2. The highest BCUT2D eigenvalue weighted by molar-refractivity contribution is 5.80. The Balaban J connectivity index is 1.17. The Morgan fingerprint density at radius 1 is 0.717 bits per heavy atom. The number of ether oxygens (including phenoxy) is 3. The van der Waals surface area contributed by atoms with Gasteiger partial charge < -0.3 is 30.0 Å². The van der Waals surface area contributed by atoms with Crippen LogP contribution in [0.3, 0.4) is 0 Å². The normalized spacial score (nSPS) is 16.9. The summed E-state index contributed by atoms with van der Waals surface area (Å²) in [6.45, 7) is 4.40. The number of rotatable bonds is 15. The third-order valence-corrected chi connectivity index (χ3v) is 9.17. The van der Waals surface area contributed by atoms with Crippen LogP contribution in [-0.4, -0.2) is 47.8 Å². The maximum Gasteiger partial charge on any atom is 0.325 e. The van der Waals surface area contributed by atoms with Crippen LogP contribution in [0.5, 0.6) is 0 Å². The summed E-state index contributed by atoms with van der Waals surface area (Å²) in [4.78, 5) is 26.2. The van der Waals surface area contributed by atoms with E-state index < -0.39 is 18.3 Å². The predicted molar refractivity (Wildman–Crippen MR) is 204 cm³/mol. The maximum atomic E-state index is 12.2. The molecule has 9 nitrogen and oxygen atoms in total. The molecule has 53 heavy (non-hydrogen) atoms. The number of urea groups is 1. The van der Waals surface area contributed by atoms with Gasteiger partial charge in [-0.3, -0.25) is 9.69 Å². The molecule has 6 rings (SSSR count). The minimum Gasteiger partial charge on any atom is -0.465 e. The number of hydrogen-bond donors (Lipinski definition) is 3. The summed E-state index contributed by atoms with van der Waals surface area (Å²) in [5.41, 5.74) is 8.27. The number of hydrogen-bond acceptors (Lipinski definition) is 7. The Kier molecular flexibility index (Phi) is 13.4. The highest BCUT2D eigenvalue weighted by Crippen LogP contribution is 2.39. The van der Waals surface area contributed by atoms with E-state index in [0.717, 1.165) is 46.5 Å². The van der Waals surface area contributed by atoms with Gasteiger partial charge in [-0.1, -0.05) is 127 Å². The van der Waals surface area contributed by atoms with Crippen LogP contribution in [0.4, 0.5) is 4.79 Å². The standard InChI is InChI=1S/C44H47N3O6/c1-2-51-42(49)27-46-44(50)45-26-35-14-9-15-39(24-35)36-20-22-38(23-21-36)43-52-40(25-41(53-43)37-18-16-34(31-48)17-19-37)30-47(28-32-10-5-3-6-11-32)29-33-12-7-4-8-13-33/h3-24,40-41,43,48H,2,25-31H2,1H3,(H2,45,46,50). The molecule has 274 valence electrons. The van der Waals surface area contributed by atoms with Crippen molar-refractivity contribution < 1.29 is 28.9 Å². The summed E-state index contributed by atoms with van der Waals surface area (Å²) >= 11 is 0. The molecule has 0 aromatic heterocycles. The van der Waals surface area contributed by atoms with Gasteiger partial charge in [0.05, 0.1) is 25.4 Å². The largest absolute Gasteiger partial charge is 0.465 e. The summed E-state index contributed by atoms with van der Waals surface area (Å²) in [7, 11) is 0. The molecule has 0 aliphatic carbocycles. The van der Waals surface area contributed by atoms with Crippen LogP contribution < -0.4 is 10.6 Å². The number of nitrogens with zero attached hydrogens (tertiary/aromatic N) is 1. The van der Waals surface area contributed by atoms with Gasteiger partial charge in [0, 0.05) is 38.2 Å². The van der Waals surface area contributed by atoms with E-state index in [-0.39, 0.29) is 32.0 Å². The molecule has 0 radical (unpaired) electrons. The Morgan fingerprint density at radius 3 is 2.00 bits per heavy atom. The summed E-state index contributed by atoms with van der Waals surface area (Å²) < 4.78 is 18.3. The lowest BCUT2D eigenvalue weighted by Gasteiger charge is -2.38. The molecule has 0 spiro atoms. The Morgan fingerprint density at radius 2 is 1.36 bits per heavy atom. The van der Waals surface area contributed by atoms with Gasteiger partial charge in [-0.05, 0) is 51.9 Å². The third kappa shape index (κ3) is 11.1. The molecule has 1 fully saturated rings. The molecular formula is C44H47N3O6. The minimum atomic E-state index is -0.579. The average molecular weight is 714 g/mol. The second-order valence-electron chi connectivity index (χ2n) is 13.2. The lowest BCUT2D eigenvalue weighted by molar-refractivity contribution is -0.253. The van der Waals surface area contributed by atoms with Crippen LogP contribution in [0.25, 0.3) is 11.1 Å². The topological polar surface area (TPSA) is 109 Å². The monoisotopic (exact) mass is 713 g/mol. The van der Waals surface area contributed by atoms with Crippen LogP contribution >= 0.6 is 0 Å². The van der Waals surface area contributed by atoms with Crippen molar-refractivity contribution in [3.05, 3.63) is 167 Å². The van der Waals surface area contributed by atoms with E-state index >= 15 is 0 Å². The van der Waals surface area contributed by atoms with Crippen molar-refractivity contribution in [2.75, 3.05) is 19.7 Å². The number of aliphatic hydroxyl groups is 1. The molecule has 3 unspecified atom stereocenters. The highest BCUT2D eigenvalue weighted by atomic mass is 16.7. The van der Waals surface area contributed by atoms with Crippen molar-refractivity contribution in [3.63, 3.8) is 0 Å². The maximum absolute atomic E-state index is 12.2. The first-order valence-electron chi connectivity index (χ1n) is 18.1. The van der Waals surface area contributed by atoms with Crippen LogP contribution in [0, 0.1) is 0 Å². The van der Waals surface area contributed by atoms with E-state index in [4.69, 9.17) is 14.2 Å². The molecule has 9 heteroatoms. The zero-order valence-corrected chi connectivity index (χ0v) is 30.0. The van der Waals surface area contributed by atoms with Gasteiger partial charge in [0.2, 0.25) is 0 Å². The number of nitrogens with one attached hydrogen (secondary N) is 2. The minimum absolute atomic E-state index is 0.00762. The predicted octanol–water partition coefficient (Wildman–Crippen LogP) is 7.46. The Bertz CT molecular complexity index is 1850. The molecule has 1 heterocycles. The fourth-order valence-electron chi connectivity index (χ4n) is 6.49. The van der Waals surface area contributed by atoms with Crippen molar-refractivity contribution in [2.45, 2.75) is 58.1 Å². The molecule has 5 aromatic carbocycles. The number of aliphatic hydroxyl groups excluding tert-OH is 1. The van der Waals surface area contributed by atoms with Gasteiger partial charge in [0.1, 0.15) is 6.54 Å². The molecule has 2 amide bonds.